The summed E-state index contributed by atoms with van der Waals surface area (Å²) in [5.41, 5.74) is 4.63. The molecule has 0 fully saturated rings. The Morgan fingerprint density at radius 1 is 1.02 bits per heavy atom. The standard InChI is InChI=1S/C31H31ClN6O2S/c1-38(2)31(39)27-9-4-3-6-21(27)12-15-29(41-17-16-30-34-36-37-35-30)23-7-5-8-26(18-23)40-20-25-14-11-22-10-13-24(32)19-28(22)33-25/h3-11,13-14,18-19,29H,12,15-17,20H2,1-2H3,(H,34,35,36,37). The molecule has 1 unspecified atom stereocenters. The van der Waals surface area contributed by atoms with Gasteiger partial charge in [0.15, 0.2) is 5.82 Å². The number of aromatic amines is 1. The van der Waals surface area contributed by atoms with Crippen LogP contribution in [0.25, 0.3) is 10.9 Å². The molecule has 210 valence electrons. The number of nitrogens with one attached hydrogen (secondary N) is 1. The molecule has 0 spiro atoms. The number of fused-ring (bicyclic) bond motifs is 1. The normalized spacial score (nSPS) is 11.9. The van der Waals surface area contributed by atoms with Gasteiger partial charge in [0.2, 0.25) is 0 Å². The average molecular weight is 587 g/mol. The zero-order valence-corrected chi connectivity index (χ0v) is 24.5. The van der Waals surface area contributed by atoms with E-state index in [2.05, 4.69) is 32.8 Å². The molecule has 2 heterocycles. The van der Waals surface area contributed by atoms with Crippen molar-refractivity contribution in [2.75, 3.05) is 19.8 Å². The monoisotopic (exact) mass is 586 g/mol. The third kappa shape index (κ3) is 7.62. The predicted molar refractivity (Wildman–Crippen MR) is 163 cm³/mol. The molecular weight excluding hydrogens is 556 g/mol. The minimum atomic E-state index is 0.0156. The summed E-state index contributed by atoms with van der Waals surface area (Å²) >= 11 is 8.00. The van der Waals surface area contributed by atoms with Gasteiger partial charge in [0.25, 0.3) is 5.91 Å². The summed E-state index contributed by atoms with van der Waals surface area (Å²) in [6, 6.07) is 25.8. The van der Waals surface area contributed by atoms with E-state index < -0.39 is 0 Å². The van der Waals surface area contributed by atoms with Crippen molar-refractivity contribution in [1.82, 2.24) is 30.5 Å². The molecule has 5 aromatic rings. The van der Waals surface area contributed by atoms with Gasteiger partial charge in [0.1, 0.15) is 12.4 Å². The SMILES string of the molecule is CN(C)C(=O)c1ccccc1CCC(SCCc1nn[nH]n1)c1cccc(OCc2ccc3ccc(Cl)cc3n2)c1. The number of carbonyl (C=O) groups is 1. The fourth-order valence-corrected chi connectivity index (χ4v) is 5.95. The first-order chi connectivity index (χ1) is 20.0. The first-order valence-electron chi connectivity index (χ1n) is 13.4. The lowest BCUT2D eigenvalue weighted by molar-refractivity contribution is 0.0826. The van der Waals surface area contributed by atoms with Gasteiger partial charge in [-0.2, -0.15) is 17.0 Å². The van der Waals surface area contributed by atoms with Crippen molar-refractivity contribution in [3.05, 3.63) is 112 Å². The second-order valence-corrected chi connectivity index (χ2v) is 11.6. The van der Waals surface area contributed by atoms with E-state index in [4.69, 9.17) is 21.3 Å². The molecule has 0 saturated carbocycles. The lowest BCUT2D eigenvalue weighted by atomic mass is 9.98. The third-order valence-electron chi connectivity index (χ3n) is 6.69. The lowest BCUT2D eigenvalue weighted by Gasteiger charge is -2.20. The number of benzene rings is 3. The molecule has 2 aromatic heterocycles. The third-order valence-corrected chi connectivity index (χ3v) is 8.28. The van der Waals surface area contributed by atoms with E-state index in [-0.39, 0.29) is 11.2 Å². The summed E-state index contributed by atoms with van der Waals surface area (Å²) in [7, 11) is 3.56. The number of nitrogens with zero attached hydrogens (tertiary/aromatic N) is 5. The average Bonchev–Trinajstić information content (AvgIpc) is 3.51. The summed E-state index contributed by atoms with van der Waals surface area (Å²) in [5.74, 6) is 2.32. The summed E-state index contributed by atoms with van der Waals surface area (Å²) in [6.45, 7) is 0.349. The molecule has 0 radical (unpaired) electrons. The number of carbonyl (C=O) groups excluding carboxylic acids is 1. The molecule has 0 saturated heterocycles. The molecule has 5 rings (SSSR count). The minimum absolute atomic E-state index is 0.0156. The van der Waals surface area contributed by atoms with Crippen molar-refractivity contribution in [3.63, 3.8) is 0 Å². The number of aryl methyl sites for hydroxylation is 2. The van der Waals surface area contributed by atoms with Gasteiger partial charge in [-0.1, -0.05) is 59.3 Å². The summed E-state index contributed by atoms with van der Waals surface area (Å²) < 4.78 is 6.18. The number of amides is 1. The van der Waals surface area contributed by atoms with Gasteiger partial charge in [-0.25, -0.2) is 4.98 Å². The van der Waals surface area contributed by atoms with E-state index in [9.17, 15) is 4.79 Å². The Hall–Kier alpha value is -3.95. The van der Waals surface area contributed by atoms with E-state index in [1.165, 1.54) is 0 Å². The highest BCUT2D eigenvalue weighted by Gasteiger charge is 2.18. The molecule has 41 heavy (non-hydrogen) atoms. The van der Waals surface area contributed by atoms with Crippen LogP contribution in [0.2, 0.25) is 5.02 Å². The van der Waals surface area contributed by atoms with Crippen LogP contribution in [0.4, 0.5) is 0 Å². The van der Waals surface area contributed by atoms with Gasteiger partial charge in [-0.15, -0.1) is 10.2 Å². The number of pyridine rings is 1. The van der Waals surface area contributed by atoms with Gasteiger partial charge in [-0.05, 0) is 60.4 Å². The molecule has 0 bridgehead atoms. The Labute approximate surface area is 248 Å². The molecule has 0 aliphatic carbocycles. The zero-order valence-electron chi connectivity index (χ0n) is 23.0. The van der Waals surface area contributed by atoms with Gasteiger partial charge in [0, 0.05) is 47.5 Å². The van der Waals surface area contributed by atoms with E-state index in [0.29, 0.717) is 23.9 Å². The van der Waals surface area contributed by atoms with E-state index >= 15 is 0 Å². The fourth-order valence-electron chi connectivity index (χ4n) is 4.58. The fraction of sp³-hybridized carbons (Fsp3) is 0.258. The summed E-state index contributed by atoms with van der Waals surface area (Å²) in [6.07, 6.45) is 2.33. The summed E-state index contributed by atoms with van der Waals surface area (Å²) in [5, 5.41) is 16.2. The van der Waals surface area contributed by atoms with Crippen molar-refractivity contribution in [2.24, 2.45) is 0 Å². The lowest BCUT2D eigenvalue weighted by Crippen LogP contribution is -2.23. The Bertz CT molecular complexity index is 1610. The number of hydrogen-bond donors (Lipinski definition) is 1. The maximum absolute atomic E-state index is 12.8. The number of rotatable bonds is 12. The largest absolute Gasteiger partial charge is 0.487 e. The number of H-pyrrole nitrogens is 1. The minimum Gasteiger partial charge on any atom is -0.487 e. The van der Waals surface area contributed by atoms with Crippen molar-refractivity contribution in [2.45, 2.75) is 31.1 Å². The molecule has 0 aliphatic heterocycles. The molecule has 8 nitrogen and oxygen atoms in total. The number of tetrazole rings is 1. The van der Waals surface area contributed by atoms with Crippen LogP contribution in [0.15, 0.2) is 78.9 Å². The van der Waals surface area contributed by atoms with Crippen LogP contribution in [0.3, 0.4) is 0 Å². The van der Waals surface area contributed by atoms with Crippen LogP contribution >= 0.6 is 23.4 Å². The summed E-state index contributed by atoms with van der Waals surface area (Å²) in [4.78, 5) is 19.1. The van der Waals surface area contributed by atoms with Crippen LogP contribution in [0, 0.1) is 0 Å². The highest BCUT2D eigenvalue weighted by atomic mass is 35.5. The highest BCUT2D eigenvalue weighted by molar-refractivity contribution is 7.99. The number of ether oxygens (including phenoxy) is 1. The van der Waals surface area contributed by atoms with Crippen molar-refractivity contribution >= 4 is 40.2 Å². The zero-order chi connectivity index (χ0) is 28.6. The predicted octanol–water partition coefficient (Wildman–Crippen LogP) is 6.33. The topological polar surface area (TPSA) is 96.9 Å². The van der Waals surface area contributed by atoms with Crippen LogP contribution in [0.1, 0.15) is 44.7 Å². The molecule has 1 amide bonds. The maximum Gasteiger partial charge on any atom is 0.253 e. The van der Waals surface area contributed by atoms with E-state index in [0.717, 1.165) is 57.6 Å². The van der Waals surface area contributed by atoms with Gasteiger partial charge in [-0.3, -0.25) is 4.79 Å². The first-order valence-corrected chi connectivity index (χ1v) is 14.8. The van der Waals surface area contributed by atoms with Gasteiger partial charge < -0.3 is 9.64 Å². The molecule has 1 N–H and O–H groups in total. The second-order valence-electron chi connectivity index (χ2n) is 9.83. The first kappa shape index (κ1) is 28.6. The van der Waals surface area contributed by atoms with Gasteiger partial charge >= 0.3 is 0 Å². The molecule has 10 heteroatoms. The van der Waals surface area contributed by atoms with Crippen molar-refractivity contribution in [3.8, 4) is 5.75 Å². The molecule has 1 atom stereocenters. The number of halogens is 1. The Kier molecular flexibility index (Phi) is 9.48. The van der Waals surface area contributed by atoms with Gasteiger partial charge in [0.05, 0.1) is 11.2 Å². The van der Waals surface area contributed by atoms with Crippen LogP contribution in [-0.2, 0) is 19.4 Å². The smallest absolute Gasteiger partial charge is 0.253 e. The molecule has 3 aromatic carbocycles. The Morgan fingerprint density at radius 2 is 1.88 bits per heavy atom. The van der Waals surface area contributed by atoms with E-state index in [1.807, 2.05) is 78.5 Å². The maximum atomic E-state index is 12.8. The second kappa shape index (κ2) is 13.6. The van der Waals surface area contributed by atoms with Crippen molar-refractivity contribution in [1.29, 1.82) is 0 Å². The van der Waals surface area contributed by atoms with Crippen LogP contribution < -0.4 is 4.74 Å². The van der Waals surface area contributed by atoms with E-state index in [1.54, 1.807) is 19.0 Å². The number of aromatic nitrogens is 5. The number of thioether (sulfide) groups is 1. The van der Waals surface area contributed by atoms with Crippen molar-refractivity contribution < 1.29 is 9.53 Å². The molecule has 0 aliphatic rings. The quantitative estimate of drug-likeness (QED) is 0.182. The van der Waals surface area contributed by atoms with Crippen LogP contribution in [0.5, 0.6) is 5.75 Å². The number of hydrogen-bond acceptors (Lipinski definition) is 7. The van der Waals surface area contributed by atoms with Crippen LogP contribution in [-0.4, -0.2) is 56.3 Å². The molecular formula is C31H31ClN6O2S. The Balaban J connectivity index is 1.31. The Morgan fingerprint density at radius 3 is 2.71 bits per heavy atom. The highest BCUT2D eigenvalue weighted by Crippen LogP contribution is 2.36.